The van der Waals surface area contributed by atoms with Crippen LogP contribution in [0.4, 0.5) is 5.69 Å². The summed E-state index contributed by atoms with van der Waals surface area (Å²) < 4.78 is 10.4. The second-order valence-electron chi connectivity index (χ2n) is 9.71. The second-order valence-corrected chi connectivity index (χ2v) is 9.71. The van der Waals surface area contributed by atoms with E-state index < -0.39 is 40.3 Å². The number of ether oxygens (including phenoxy) is 2. The minimum atomic E-state index is -0.963. The zero-order valence-corrected chi connectivity index (χ0v) is 21.3. The summed E-state index contributed by atoms with van der Waals surface area (Å²) in [6.45, 7) is 12.1. The van der Waals surface area contributed by atoms with Crippen molar-refractivity contribution in [3.8, 4) is 0 Å². The second kappa shape index (κ2) is 10.7. The summed E-state index contributed by atoms with van der Waals surface area (Å²) in [5, 5.41) is 17.2. The Morgan fingerprint density at radius 2 is 1.71 bits per heavy atom. The Balaban J connectivity index is 2.60. The van der Waals surface area contributed by atoms with Crippen LogP contribution in [0.5, 0.6) is 0 Å². The Kier molecular flexibility index (Phi) is 8.43. The number of rotatable bonds is 7. The molecule has 1 aromatic carbocycles. The molecule has 0 spiro atoms. The van der Waals surface area contributed by atoms with E-state index in [-0.39, 0.29) is 22.8 Å². The molecule has 2 rings (SSSR count). The summed E-state index contributed by atoms with van der Waals surface area (Å²) in [5.41, 5.74) is 0.607. The van der Waals surface area contributed by atoms with Gasteiger partial charge in [-0.05, 0) is 46.1 Å². The Bertz CT molecular complexity index is 1100. The highest BCUT2D eigenvalue weighted by Crippen LogP contribution is 2.39. The van der Waals surface area contributed by atoms with Gasteiger partial charge in [0, 0.05) is 29.1 Å². The molecule has 0 radical (unpaired) electrons. The van der Waals surface area contributed by atoms with E-state index >= 15 is 0 Å². The molecule has 2 N–H and O–H groups in total. The van der Waals surface area contributed by atoms with Crippen molar-refractivity contribution in [3.63, 3.8) is 0 Å². The fourth-order valence-corrected chi connectivity index (χ4v) is 3.91. The highest BCUT2D eigenvalue weighted by molar-refractivity contribution is 6.03. The highest BCUT2D eigenvalue weighted by Gasteiger charge is 2.39. The number of benzene rings is 1. The lowest BCUT2D eigenvalue weighted by atomic mass is 9.79. The van der Waals surface area contributed by atoms with Gasteiger partial charge in [0.25, 0.3) is 11.6 Å². The van der Waals surface area contributed by atoms with Gasteiger partial charge in [-0.25, -0.2) is 9.59 Å². The summed E-state index contributed by atoms with van der Waals surface area (Å²) >= 11 is 0. The topological polar surface area (TPSA) is 137 Å². The minimum absolute atomic E-state index is 0.141. The number of esters is 2. The van der Waals surface area contributed by atoms with Crippen LogP contribution in [0.1, 0.15) is 59.9 Å². The number of hydrogen-bond donors (Lipinski definition) is 2. The standard InChI is InChI=1S/C25H33N3O7/c1-13(2)21(24(31)35-25(5,6)7)27-22(29)18-14(3)26-15(4)19(23(30)34-8)20(18)16-10-9-11-17(12-16)28(32)33/h9-13,20-21,26H,1-8H3,(H,27,29). The lowest BCUT2D eigenvalue weighted by Crippen LogP contribution is -2.49. The first-order chi connectivity index (χ1) is 16.2. The van der Waals surface area contributed by atoms with Gasteiger partial charge in [-0.15, -0.1) is 0 Å². The van der Waals surface area contributed by atoms with Crippen molar-refractivity contribution in [2.75, 3.05) is 7.11 Å². The van der Waals surface area contributed by atoms with Crippen molar-refractivity contribution < 1.29 is 28.8 Å². The number of allylic oxidation sites excluding steroid dienone is 2. The van der Waals surface area contributed by atoms with Crippen molar-refractivity contribution in [2.45, 2.75) is 66.0 Å². The van der Waals surface area contributed by atoms with Crippen LogP contribution < -0.4 is 10.6 Å². The van der Waals surface area contributed by atoms with Crippen LogP contribution in [-0.2, 0) is 23.9 Å². The van der Waals surface area contributed by atoms with Gasteiger partial charge in [0.15, 0.2) is 0 Å². The molecule has 1 heterocycles. The normalized spacial score (nSPS) is 17.0. The number of nitro groups is 1. The van der Waals surface area contributed by atoms with Crippen molar-refractivity contribution in [1.29, 1.82) is 0 Å². The van der Waals surface area contributed by atoms with E-state index in [2.05, 4.69) is 10.6 Å². The molecular formula is C25H33N3O7. The molecule has 0 fully saturated rings. The van der Waals surface area contributed by atoms with Crippen LogP contribution >= 0.6 is 0 Å². The lowest BCUT2D eigenvalue weighted by molar-refractivity contribution is -0.384. The smallest absolute Gasteiger partial charge is 0.336 e. The fourth-order valence-electron chi connectivity index (χ4n) is 3.91. The first kappa shape index (κ1) is 27.6. The molecule has 10 heteroatoms. The Morgan fingerprint density at radius 3 is 2.23 bits per heavy atom. The summed E-state index contributed by atoms with van der Waals surface area (Å²) in [7, 11) is 1.22. The fraction of sp³-hybridized carbons (Fsp3) is 0.480. The maximum atomic E-state index is 13.6. The highest BCUT2D eigenvalue weighted by atomic mass is 16.6. The number of nitrogens with zero attached hydrogens (tertiary/aromatic N) is 1. The van der Waals surface area contributed by atoms with Crippen LogP contribution in [0.2, 0.25) is 0 Å². The third-order valence-electron chi connectivity index (χ3n) is 5.44. The number of nitrogens with one attached hydrogen (secondary N) is 2. The number of amides is 1. The molecule has 0 saturated carbocycles. The number of dihydropyridines is 1. The predicted molar refractivity (Wildman–Crippen MR) is 129 cm³/mol. The molecule has 2 atom stereocenters. The molecule has 10 nitrogen and oxygen atoms in total. The maximum Gasteiger partial charge on any atom is 0.336 e. The average Bonchev–Trinajstić information content (AvgIpc) is 2.74. The average molecular weight is 488 g/mol. The zero-order chi connectivity index (χ0) is 26.7. The van der Waals surface area contributed by atoms with Gasteiger partial charge in [0.05, 0.1) is 23.5 Å². The van der Waals surface area contributed by atoms with Crippen molar-refractivity contribution in [1.82, 2.24) is 10.6 Å². The molecular weight excluding hydrogens is 454 g/mol. The third kappa shape index (κ3) is 6.46. The number of carbonyl (C=O) groups excluding carboxylic acids is 3. The third-order valence-corrected chi connectivity index (χ3v) is 5.44. The molecule has 190 valence electrons. The van der Waals surface area contributed by atoms with Crippen molar-refractivity contribution in [2.24, 2.45) is 5.92 Å². The monoisotopic (exact) mass is 487 g/mol. The largest absolute Gasteiger partial charge is 0.466 e. The first-order valence-electron chi connectivity index (χ1n) is 11.2. The van der Waals surface area contributed by atoms with E-state index in [1.165, 1.54) is 25.3 Å². The van der Waals surface area contributed by atoms with Gasteiger partial charge >= 0.3 is 11.9 Å². The predicted octanol–water partition coefficient (Wildman–Crippen LogP) is 3.49. The molecule has 0 saturated heterocycles. The molecule has 1 aliphatic heterocycles. The van der Waals surface area contributed by atoms with Gasteiger partial charge in [-0.3, -0.25) is 14.9 Å². The first-order valence-corrected chi connectivity index (χ1v) is 11.2. The number of non-ortho nitro benzene ring substituents is 1. The molecule has 1 aliphatic rings. The number of hydrogen-bond acceptors (Lipinski definition) is 8. The molecule has 0 aliphatic carbocycles. The van der Waals surface area contributed by atoms with E-state index in [4.69, 9.17) is 9.47 Å². The summed E-state index contributed by atoms with van der Waals surface area (Å²) in [6.07, 6.45) is 0. The summed E-state index contributed by atoms with van der Waals surface area (Å²) in [5.74, 6) is -3.13. The van der Waals surface area contributed by atoms with E-state index in [0.29, 0.717) is 17.0 Å². The number of nitro benzene ring substituents is 1. The van der Waals surface area contributed by atoms with Gasteiger partial charge < -0.3 is 20.1 Å². The number of methoxy groups -OCH3 is 1. The van der Waals surface area contributed by atoms with Crippen LogP contribution in [0.15, 0.2) is 46.8 Å². The Labute approximate surface area is 204 Å². The SMILES string of the molecule is COC(=O)C1=C(C)NC(C)=C(C(=O)NC(C(=O)OC(C)(C)C)C(C)C)C1c1cccc([N+](=O)[O-])c1. The maximum absolute atomic E-state index is 13.6. The molecule has 1 aromatic rings. The molecule has 35 heavy (non-hydrogen) atoms. The molecule has 1 amide bonds. The van der Waals surface area contributed by atoms with E-state index in [1.807, 2.05) is 0 Å². The zero-order valence-electron chi connectivity index (χ0n) is 21.3. The van der Waals surface area contributed by atoms with Gasteiger partial charge in [-0.2, -0.15) is 0 Å². The van der Waals surface area contributed by atoms with Gasteiger partial charge in [-0.1, -0.05) is 26.0 Å². The van der Waals surface area contributed by atoms with Crippen LogP contribution in [-0.4, -0.2) is 41.5 Å². The van der Waals surface area contributed by atoms with Crippen molar-refractivity contribution >= 4 is 23.5 Å². The molecule has 0 bridgehead atoms. The number of carbonyl (C=O) groups is 3. The Hall–Kier alpha value is -3.69. The summed E-state index contributed by atoms with van der Waals surface area (Å²) in [4.78, 5) is 50.1. The van der Waals surface area contributed by atoms with Gasteiger partial charge in [0.2, 0.25) is 0 Å². The summed E-state index contributed by atoms with van der Waals surface area (Å²) in [6, 6.07) is 4.78. The van der Waals surface area contributed by atoms with Gasteiger partial charge in [0.1, 0.15) is 11.6 Å². The lowest BCUT2D eigenvalue weighted by Gasteiger charge is -2.32. The molecule has 0 aromatic heterocycles. The Morgan fingerprint density at radius 1 is 1.11 bits per heavy atom. The molecule has 2 unspecified atom stereocenters. The van der Waals surface area contributed by atoms with E-state index in [9.17, 15) is 24.5 Å². The van der Waals surface area contributed by atoms with Crippen LogP contribution in [0.3, 0.4) is 0 Å². The quantitative estimate of drug-likeness (QED) is 0.339. The van der Waals surface area contributed by atoms with E-state index in [0.717, 1.165) is 0 Å². The minimum Gasteiger partial charge on any atom is -0.466 e. The van der Waals surface area contributed by atoms with E-state index in [1.54, 1.807) is 54.5 Å². The van der Waals surface area contributed by atoms with Crippen LogP contribution in [0.25, 0.3) is 0 Å². The van der Waals surface area contributed by atoms with Crippen molar-refractivity contribution in [3.05, 3.63) is 62.5 Å². The van der Waals surface area contributed by atoms with Crippen LogP contribution in [0, 0.1) is 16.0 Å².